The highest BCUT2D eigenvalue weighted by molar-refractivity contribution is 6.65. The van der Waals surface area contributed by atoms with Crippen molar-refractivity contribution in [1.29, 1.82) is 0 Å². The van der Waals surface area contributed by atoms with Crippen LogP contribution in [0.2, 0.25) is 12.6 Å². The molecule has 0 amide bonds. The van der Waals surface area contributed by atoms with Crippen molar-refractivity contribution in [1.82, 2.24) is 4.90 Å². The van der Waals surface area contributed by atoms with Gasteiger partial charge in [0, 0.05) is 14.2 Å². The molecule has 0 saturated carbocycles. The van der Waals surface area contributed by atoms with Crippen molar-refractivity contribution in [2.75, 3.05) is 34.9 Å². The third-order valence-corrected chi connectivity index (χ3v) is 5.09. The van der Waals surface area contributed by atoms with Crippen LogP contribution >= 0.6 is 0 Å². The number of rotatable bonds is 6. The van der Waals surface area contributed by atoms with Crippen LogP contribution in [0.1, 0.15) is 6.42 Å². The van der Waals surface area contributed by atoms with Crippen LogP contribution in [0.5, 0.6) is 0 Å². The summed E-state index contributed by atoms with van der Waals surface area (Å²) in [5.74, 6) is 0. The average molecular weight is 191 g/mol. The Balaban J connectivity index is 3.58. The number of hydrogen-bond acceptors (Lipinski definition) is 3. The molecule has 0 atom stereocenters. The van der Waals surface area contributed by atoms with Gasteiger partial charge in [-0.3, -0.25) is 0 Å². The quantitative estimate of drug-likeness (QED) is 0.591. The van der Waals surface area contributed by atoms with Crippen LogP contribution in [-0.2, 0) is 8.85 Å². The van der Waals surface area contributed by atoms with E-state index in [1.54, 1.807) is 14.2 Å². The molecule has 0 unspecified atom stereocenters. The molecule has 0 heterocycles. The van der Waals surface area contributed by atoms with Gasteiger partial charge < -0.3 is 13.8 Å². The molecule has 0 aromatic rings. The topological polar surface area (TPSA) is 21.7 Å². The maximum atomic E-state index is 5.37. The summed E-state index contributed by atoms with van der Waals surface area (Å²) in [6.45, 7) is 3.21. The molecule has 74 valence electrons. The molecule has 0 aliphatic carbocycles. The summed E-state index contributed by atoms with van der Waals surface area (Å²) in [4.78, 5) is 2.18. The minimum absolute atomic E-state index is 1.07. The van der Waals surface area contributed by atoms with Crippen molar-refractivity contribution >= 4 is 8.56 Å². The minimum atomic E-state index is -1.79. The maximum Gasteiger partial charge on any atom is 0.334 e. The highest BCUT2D eigenvalue weighted by Gasteiger charge is 2.27. The molecule has 0 aromatic heterocycles. The van der Waals surface area contributed by atoms with Crippen molar-refractivity contribution in [3.05, 3.63) is 0 Å². The molecule has 0 fully saturated rings. The third-order valence-electron chi connectivity index (χ3n) is 2.10. The Morgan fingerprint density at radius 2 is 1.67 bits per heavy atom. The van der Waals surface area contributed by atoms with Gasteiger partial charge in [-0.15, -0.1) is 0 Å². The molecule has 0 saturated heterocycles. The van der Waals surface area contributed by atoms with Gasteiger partial charge >= 0.3 is 8.56 Å². The Hall–Kier alpha value is 0.0969. The van der Waals surface area contributed by atoms with Gasteiger partial charge in [-0.25, -0.2) is 0 Å². The average Bonchev–Trinajstić information content (AvgIpc) is 2.03. The molecule has 0 aromatic carbocycles. The fourth-order valence-corrected chi connectivity index (χ4v) is 2.38. The van der Waals surface area contributed by atoms with Crippen LogP contribution in [-0.4, -0.2) is 48.3 Å². The standard InChI is InChI=1S/C8H21NO2Si/c1-9(2)7-6-8-12(5,10-3)11-4/h6-8H2,1-5H3. The van der Waals surface area contributed by atoms with E-state index in [-0.39, 0.29) is 0 Å². The normalized spacial score (nSPS) is 12.5. The summed E-state index contributed by atoms with van der Waals surface area (Å²) in [7, 11) is 5.86. The van der Waals surface area contributed by atoms with Crippen molar-refractivity contribution in [2.24, 2.45) is 0 Å². The Morgan fingerprint density at radius 1 is 1.17 bits per heavy atom. The first-order valence-electron chi connectivity index (χ1n) is 4.29. The van der Waals surface area contributed by atoms with Crippen LogP contribution in [0.4, 0.5) is 0 Å². The molecule has 0 bridgehead atoms. The first-order chi connectivity index (χ1) is 5.54. The van der Waals surface area contributed by atoms with E-state index in [0.29, 0.717) is 0 Å². The molecule has 4 heteroatoms. The van der Waals surface area contributed by atoms with E-state index < -0.39 is 8.56 Å². The zero-order valence-electron chi connectivity index (χ0n) is 8.89. The molecule has 12 heavy (non-hydrogen) atoms. The second-order valence-electron chi connectivity index (χ2n) is 3.45. The fraction of sp³-hybridized carbons (Fsp3) is 1.00. The Kier molecular flexibility index (Phi) is 5.74. The molecule has 0 radical (unpaired) electrons. The molecule has 0 spiro atoms. The Labute approximate surface area is 76.9 Å². The van der Waals surface area contributed by atoms with Crippen LogP contribution in [0.3, 0.4) is 0 Å². The minimum Gasteiger partial charge on any atom is -0.398 e. The van der Waals surface area contributed by atoms with E-state index in [1.165, 1.54) is 0 Å². The zero-order valence-corrected chi connectivity index (χ0v) is 9.89. The van der Waals surface area contributed by atoms with Gasteiger partial charge in [0.05, 0.1) is 0 Å². The Bertz CT molecular complexity index is 116. The first-order valence-corrected chi connectivity index (χ1v) is 6.81. The smallest absolute Gasteiger partial charge is 0.334 e. The zero-order chi connectivity index (χ0) is 9.61. The van der Waals surface area contributed by atoms with E-state index in [2.05, 4.69) is 25.5 Å². The predicted octanol–water partition coefficient (Wildman–Crippen LogP) is 1.30. The van der Waals surface area contributed by atoms with Crippen molar-refractivity contribution in [2.45, 2.75) is 19.0 Å². The summed E-state index contributed by atoms with van der Waals surface area (Å²) in [5.41, 5.74) is 0. The molecule has 0 aliphatic rings. The van der Waals surface area contributed by atoms with Crippen molar-refractivity contribution in [3.63, 3.8) is 0 Å². The highest BCUT2D eigenvalue weighted by atomic mass is 28.4. The van der Waals surface area contributed by atoms with E-state index in [9.17, 15) is 0 Å². The molecule has 0 N–H and O–H groups in total. The van der Waals surface area contributed by atoms with Crippen LogP contribution in [0.15, 0.2) is 0 Å². The SMILES string of the molecule is CO[Si](C)(CCCN(C)C)OC. The van der Waals surface area contributed by atoms with Crippen molar-refractivity contribution < 1.29 is 8.85 Å². The maximum absolute atomic E-state index is 5.37. The second kappa shape index (κ2) is 5.69. The monoisotopic (exact) mass is 191 g/mol. The van der Waals surface area contributed by atoms with E-state index in [4.69, 9.17) is 8.85 Å². The lowest BCUT2D eigenvalue weighted by Gasteiger charge is -2.23. The Morgan fingerprint density at radius 3 is 2.00 bits per heavy atom. The largest absolute Gasteiger partial charge is 0.398 e. The van der Waals surface area contributed by atoms with Gasteiger partial charge in [0.2, 0.25) is 0 Å². The molecular formula is C8H21NO2Si. The molecule has 0 rings (SSSR count). The molecular weight excluding hydrogens is 170 g/mol. The summed E-state index contributed by atoms with van der Waals surface area (Å²) in [6.07, 6.45) is 1.15. The van der Waals surface area contributed by atoms with Crippen LogP contribution < -0.4 is 0 Å². The van der Waals surface area contributed by atoms with E-state index >= 15 is 0 Å². The van der Waals surface area contributed by atoms with Gasteiger partial charge in [0.25, 0.3) is 0 Å². The second-order valence-corrected chi connectivity index (χ2v) is 7.03. The highest BCUT2D eigenvalue weighted by Crippen LogP contribution is 2.13. The van der Waals surface area contributed by atoms with E-state index in [0.717, 1.165) is 19.0 Å². The van der Waals surface area contributed by atoms with Crippen LogP contribution in [0, 0.1) is 0 Å². The van der Waals surface area contributed by atoms with E-state index in [1.807, 2.05) is 0 Å². The molecule has 0 aliphatic heterocycles. The van der Waals surface area contributed by atoms with Crippen molar-refractivity contribution in [3.8, 4) is 0 Å². The van der Waals surface area contributed by atoms with Gasteiger partial charge in [0.15, 0.2) is 0 Å². The first kappa shape index (κ1) is 12.1. The third kappa shape index (κ3) is 4.87. The number of nitrogens with zero attached hydrogens (tertiary/aromatic N) is 1. The lowest BCUT2D eigenvalue weighted by atomic mass is 10.5. The number of hydrogen-bond donors (Lipinski definition) is 0. The van der Waals surface area contributed by atoms with Gasteiger partial charge in [-0.05, 0) is 39.7 Å². The molecule has 3 nitrogen and oxygen atoms in total. The summed E-state index contributed by atoms with van der Waals surface area (Å²) >= 11 is 0. The fourth-order valence-electron chi connectivity index (χ4n) is 1.00. The summed E-state index contributed by atoms with van der Waals surface area (Å²) in [6, 6.07) is 1.07. The summed E-state index contributed by atoms with van der Waals surface area (Å²) in [5, 5.41) is 0. The van der Waals surface area contributed by atoms with Gasteiger partial charge in [-0.2, -0.15) is 0 Å². The predicted molar refractivity (Wildman–Crippen MR) is 53.6 cm³/mol. The lowest BCUT2D eigenvalue weighted by molar-refractivity contribution is 0.246. The summed E-state index contributed by atoms with van der Waals surface area (Å²) < 4.78 is 10.7. The van der Waals surface area contributed by atoms with Gasteiger partial charge in [0.1, 0.15) is 0 Å². The lowest BCUT2D eigenvalue weighted by Crippen LogP contribution is -2.36. The van der Waals surface area contributed by atoms with Gasteiger partial charge in [-0.1, -0.05) is 0 Å². The van der Waals surface area contributed by atoms with Crippen LogP contribution in [0.25, 0.3) is 0 Å².